The lowest BCUT2D eigenvalue weighted by Crippen LogP contribution is -2.41. The van der Waals surface area contributed by atoms with Gasteiger partial charge in [0.2, 0.25) is 5.91 Å². The van der Waals surface area contributed by atoms with Crippen molar-refractivity contribution in [2.24, 2.45) is 0 Å². The third-order valence-electron chi connectivity index (χ3n) is 5.18. The van der Waals surface area contributed by atoms with Crippen LogP contribution in [-0.2, 0) is 17.9 Å². The number of hydrogen-bond donors (Lipinski definition) is 1. The maximum atomic E-state index is 13.2. The zero-order chi connectivity index (χ0) is 22.8. The van der Waals surface area contributed by atoms with Crippen molar-refractivity contribution in [3.63, 3.8) is 0 Å². The third-order valence-corrected chi connectivity index (χ3v) is 6.48. The number of amides is 1. The molecule has 0 aliphatic heterocycles. The Labute approximate surface area is 192 Å². The standard InChI is InChI=1S/C23H20ClN3O4S/c1-14-17(24)4-3-5-18(14)25-20(28)13-26-19-10-11-32-21(19)22(29)27(23(26)30)12-15-6-8-16(31-2)9-7-15/h3-11H,12-13H2,1-2H3,(H,25,28). The van der Waals surface area contributed by atoms with E-state index in [0.29, 0.717) is 26.7 Å². The van der Waals surface area contributed by atoms with E-state index in [9.17, 15) is 14.4 Å². The summed E-state index contributed by atoms with van der Waals surface area (Å²) in [5.74, 6) is 0.291. The molecule has 164 valence electrons. The smallest absolute Gasteiger partial charge is 0.332 e. The molecule has 2 aromatic carbocycles. The quantitative estimate of drug-likeness (QED) is 0.464. The number of hydrogen-bond acceptors (Lipinski definition) is 5. The van der Waals surface area contributed by atoms with Gasteiger partial charge in [-0.2, -0.15) is 0 Å². The molecule has 0 saturated heterocycles. The maximum Gasteiger partial charge on any atom is 0.332 e. The first kappa shape index (κ1) is 21.9. The average Bonchev–Trinajstić information content (AvgIpc) is 3.28. The van der Waals surface area contributed by atoms with Crippen molar-refractivity contribution >= 4 is 44.7 Å². The Morgan fingerprint density at radius 1 is 1.09 bits per heavy atom. The second-order valence-corrected chi connectivity index (χ2v) is 8.53. The summed E-state index contributed by atoms with van der Waals surface area (Å²) in [7, 11) is 1.57. The van der Waals surface area contributed by atoms with Crippen LogP contribution in [0.25, 0.3) is 10.2 Å². The summed E-state index contributed by atoms with van der Waals surface area (Å²) < 4.78 is 8.05. The molecule has 0 bridgehead atoms. The van der Waals surface area contributed by atoms with Gasteiger partial charge in [0, 0.05) is 10.7 Å². The number of ether oxygens (including phenoxy) is 1. The molecule has 1 amide bonds. The van der Waals surface area contributed by atoms with Crippen LogP contribution in [0.1, 0.15) is 11.1 Å². The second kappa shape index (κ2) is 9.02. The Morgan fingerprint density at radius 3 is 2.56 bits per heavy atom. The summed E-state index contributed by atoms with van der Waals surface area (Å²) in [5, 5.41) is 5.07. The van der Waals surface area contributed by atoms with Gasteiger partial charge in [0.05, 0.1) is 19.2 Å². The molecule has 0 spiro atoms. The number of rotatable bonds is 6. The van der Waals surface area contributed by atoms with Gasteiger partial charge >= 0.3 is 5.69 Å². The molecular formula is C23H20ClN3O4S. The highest BCUT2D eigenvalue weighted by atomic mass is 35.5. The number of carbonyl (C=O) groups excluding carboxylic acids is 1. The van der Waals surface area contributed by atoms with Crippen molar-refractivity contribution < 1.29 is 9.53 Å². The minimum absolute atomic E-state index is 0.0878. The van der Waals surface area contributed by atoms with Gasteiger partial charge in [0.15, 0.2) is 0 Å². The van der Waals surface area contributed by atoms with Crippen LogP contribution in [0.15, 0.2) is 63.5 Å². The van der Waals surface area contributed by atoms with Gasteiger partial charge in [-0.05, 0) is 53.8 Å². The van der Waals surface area contributed by atoms with Gasteiger partial charge in [-0.1, -0.05) is 29.8 Å². The molecule has 2 heterocycles. The second-order valence-electron chi connectivity index (χ2n) is 7.20. The van der Waals surface area contributed by atoms with Crippen LogP contribution in [0.2, 0.25) is 5.02 Å². The molecule has 0 radical (unpaired) electrons. The number of fused-ring (bicyclic) bond motifs is 1. The maximum absolute atomic E-state index is 13.2. The first-order valence-electron chi connectivity index (χ1n) is 9.77. The Hall–Kier alpha value is -3.36. The molecule has 7 nitrogen and oxygen atoms in total. The molecule has 0 fully saturated rings. The van der Waals surface area contributed by atoms with E-state index in [2.05, 4.69) is 5.32 Å². The molecule has 0 unspecified atom stereocenters. The molecule has 0 aliphatic rings. The van der Waals surface area contributed by atoms with Crippen molar-refractivity contribution in [3.05, 3.63) is 90.9 Å². The number of benzene rings is 2. The van der Waals surface area contributed by atoms with E-state index in [1.807, 2.05) is 0 Å². The van der Waals surface area contributed by atoms with E-state index in [0.717, 1.165) is 15.7 Å². The van der Waals surface area contributed by atoms with E-state index in [1.54, 1.807) is 67.9 Å². The zero-order valence-electron chi connectivity index (χ0n) is 17.4. The number of carbonyl (C=O) groups is 1. The summed E-state index contributed by atoms with van der Waals surface area (Å²) in [6, 6.07) is 14.0. The van der Waals surface area contributed by atoms with Crippen molar-refractivity contribution in [2.75, 3.05) is 12.4 Å². The monoisotopic (exact) mass is 469 g/mol. The van der Waals surface area contributed by atoms with Gasteiger partial charge in [0.25, 0.3) is 5.56 Å². The van der Waals surface area contributed by atoms with Crippen molar-refractivity contribution in [2.45, 2.75) is 20.0 Å². The Morgan fingerprint density at radius 2 is 1.84 bits per heavy atom. The fourth-order valence-corrected chi connectivity index (χ4v) is 4.43. The molecule has 4 aromatic rings. The van der Waals surface area contributed by atoms with Crippen molar-refractivity contribution in [1.29, 1.82) is 0 Å². The lowest BCUT2D eigenvalue weighted by molar-refractivity contribution is -0.116. The number of methoxy groups -OCH3 is 1. The van der Waals surface area contributed by atoms with Gasteiger partial charge < -0.3 is 10.1 Å². The van der Waals surface area contributed by atoms with Crippen LogP contribution >= 0.6 is 22.9 Å². The van der Waals surface area contributed by atoms with E-state index in [1.165, 1.54) is 15.9 Å². The van der Waals surface area contributed by atoms with E-state index in [4.69, 9.17) is 16.3 Å². The number of anilines is 1. The summed E-state index contributed by atoms with van der Waals surface area (Å²) >= 11 is 7.37. The first-order valence-corrected chi connectivity index (χ1v) is 11.0. The summed E-state index contributed by atoms with van der Waals surface area (Å²) in [6.45, 7) is 1.65. The third kappa shape index (κ3) is 4.19. The molecule has 0 saturated carbocycles. The summed E-state index contributed by atoms with van der Waals surface area (Å²) in [5.41, 5.74) is 1.59. The van der Waals surface area contributed by atoms with Gasteiger partial charge in [-0.25, -0.2) is 4.79 Å². The summed E-state index contributed by atoms with van der Waals surface area (Å²) in [6.07, 6.45) is 0. The highest BCUT2D eigenvalue weighted by Gasteiger charge is 2.17. The van der Waals surface area contributed by atoms with Crippen LogP contribution in [0.4, 0.5) is 5.69 Å². The Bertz CT molecular complexity index is 1420. The van der Waals surface area contributed by atoms with Crippen LogP contribution in [0.3, 0.4) is 0 Å². The molecule has 1 N–H and O–H groups in total. The predicted molar refractivity (Wildman–Crippen MR) is 127 cm³/mol. The minimum Gasteiger partial charge on any atom is -0.497 e. The number of nitrogens with zero attached hydrogens (tertiary/aromatic N) is 2. The molecular weight excluding hydrogens is 450 g/mol. The van der Waals surface area contributed by atoms with Gasteiger partial charge in [-0.3, -0.25) is 18.7 Å². The topological polar surface area (TPSA) is 82.3 Å². The van der Waals surface area contributed by atoms with Crippen LogP contribution in [-0.4, -0.2) is 22.2 Å². The minimum atomic E-state index is -0.547. The SMILES string of the molecule is COc1ccc(Cn2c(=O)c3sccc3n(CC(=O)Nc3cccc(Cl)c3C)c2=O)cc1. The largest absolute Gasteiger partial charge is 0.497 e. The fraction of sp³-hybridized carbons (Fsp3) is 0.174. The number of aromatic nitrogens is 2. The van der Waals surface area contributed by atoms with E-state index < -0.39 is 5.69 Å². The van der Waals surface area contributed by atoms with E-state index >= 15 is 0 Å². The zero-order valence-corrected chi connectivity index (χ0v) is 19.0. The van der Waals surface area contributed by atoms with Crippen LogP contribution < -0.4 is 21.3 Å². The predicted octanol–water partition coefficient (Wildman–Crippen LogP) is 3.88. The Kier molecular flexibility index (Phi) is 6.16. The molecule has 9 heteroatoms. The fourth-order valence-electron chi connectivity index (χ4n) is 3.42. The van der Waals surface area contributed by atoms with Gasteiger partial charge in [-0.15, -0.1) is 11.3 Å². The summed E-state index contributed by atoms with van der Waals surface area (Å²) in [4.78, 5) is 39.0. The lowest BCUT2D eigenvalue weighted by Gasteiger charge is -2.14. The number of thiophene rings is 1. The normalized spacial score (nSPS) is 11.0. The first-order chi connectivity index (χ1) is 15.4. The van der Waals surface area contributed by atoms with Crippen LogP contribution in [0, 0.1) is 6.92 Å². The lowest BCUT2D eigenvalue weighted by atomic mass is 10.2. The highest BCUT2D eigenvalue weighted by Crippen LogP contribution is 2.23. The number of halogens is 1. The van der Waals surface area contributed by atoms with E-state index in [-0.39, 0.29) is 24.6 Å². The molecule has 4 rings (SSSR count). The van der Waals surface area contributed by atoms with Crippen LogP contribution in [0.5, 0.6) is 5.75 Å². The molecule has 32 heavy (non-hydrogen) atoms. The highest BCUT2D eigenvalue weighted by molar-refractivity contribution is 7.17. The number of nitrogens with one attached hydrogen (secondary N) is 1. The van der Waals surface area contributed by atoms with Crippen molar-refractivity contribution in [3.8, 4) is 5.75 Å². The molecule has 0 atom stereocenters. The van der Waals surface area contributed by atoms with Crippen molar-refractivity contribution in [1.82, 2.24) is 9.13 Å². The average molecular weight is 470 g/mol. The van der Waals surface area contributed by atoms with Gasteiger partial charge in [0.1, 0.15) is 17.0 Å². The Balaban J connectivity index is 1.70. The molecule has 0 aliphatic carbocycles. The molecule has 2 aromatic heterocycles.